The van der Waals surface area contributed by atoms with Crippen LogP contribution in [0.3, 0.4) is 0 Å². The molecule has 0 amide bonds. The Bertz CT molecular complexity index is 1540. The molecule has 0 bridgehead atoms. The van der Waals surface area contributed by atoms with E-state index < -0.39 is 97.5 Å². The van der Waals surface area contributed by atoms with Gasteiger partial charge in [0.05, 0.1) is 26.4 Å². The predicted octanol–water partition coefficient (Wildman–Crippen LogP) is 16.4. The van der Waals surface area contributed by atoms with Gasteiger partial charge in [-0.2, -0.15) is 0 Å². The Balaban J connectivity index is 5.04. The number of ether oxygens (including phenoxy) is 4. The third-order valence-corrected chi connectivity index (χ3v) is 15.7. The van der Waals surface area contributed by atoms with Crippen LogP contribution in [-0.4, -0.2) is 96.7 Å². The normalized spacial score (nSPS) is 14.3. The van der Waals surface area contributed by atoms with Crippen LogP contribution >= 0.6 is 15.6 Å². The van der Waals surface area contributed by atoms with Gasteiger partial charge in [-0.1, -0.05) is 252 Å². The minimum absolute atomic E-state index is 0.102. The van der Waals surface area contributed by atoms with Crippen molar-refractivity contribution < 1.29 is 80.2 Å². The number of carbonyl (C=O) groups is 4. The summed E-state index contributed by atoms with van der Waals surface area (Å²) in [6.45, 7) is 4.46. The van der Waals surface area contributed by atoms with Crippen LogP contribution in [0.15, 0.2) is 0 Å². The summed E-state index contributed by atoms with van der Waals surface area (Å²) in [5, 5.41) is 10.4. The monoisotopic (exact) mass is 1170 g/mol. The van der Waals surface area contributed by atoms with Gasteiger partial charge in [-0.3, -0.25) is 37.3 Å². The number of aliphatic hydroxyl groups is 1. The molecule has 3 N–H and O–H groups in total. The van der Waals surface area contributed by atoms with Gasteiger partial charge in [0.15, 0.2) is 12.2 Å². The maximum atomic E-state index is 12.9. The Kier molecular flexibility index (Phi) is 53.9. The lowest BCUT2D eigenvalue weighted by atomic mass is 10.0. The van der Waals surface area contributed by atoms with Gasteiger partial charge < -0.3 is 33.8 Å². The third-order valence-electron chi connectivity index (χ3n) is 13.8. The fraction of sp³-hybridized carbons (Fsp3) is 0.933. The van der Waals surface area contributed by atoms with Crippen LogP contribution in [0, 0.1) is 0 Å². The summed E-state index contributed by atoms with van der Waals surface area (Å²) in [6, 6.07) is 0. The van der Waals surface area contributed by atoms with E-state index in [0.717, 1.165) is 77.0 Å². The molecule has 0 spiro atoms. The second-order valence-electron chi connectivity index (χ2n) is 21.7. The number of hydrogen-bond acceptors (Lipinski definition) is 15. The molecule has 0 aromatic carbocycles. The first-order valence-corrected chi connectivity index (χ1v) is 34.8. The zero-order chi connectivity index (χ0) is 58.3. The summed E-state index contributed by atoms with van der Waals surface area (Å²) in [5.74, 6) is -2.19. The van der Waals surface area contributed by atoms with E-state index in [2.05, 4.69) is 20.8 Å². The Morgan fingerprint density at radius 1 is 0.304 bits per heavy atom. The van der Waals surface area contributed by atoms with E-state index in [1.165, 1.54) is 148 Å². The number of carbonyl (C=O) groups excluding carboxylic acids is 4. The van der Waals surface area contributed by atoms with E-state index in [4.69, 9.17) is 37.0 Å². The third kappa shape index (κ3) is 55.0. The van der Waals surface area contributed by atoms with Crippen molar-refractivity contribution in [2.45, 2.75) is 322 Å². The minimum Gasteiger partial charge on any atom is -0.462 e. The van der Waals surface area contributed by atoms with Crippen LogP contribution in [0.2, 0.25) is 0 Å². The van der Waals surface area contributed by atoms with Gasteiger partial charge in [0.25, 0.3) is 0 Å². The van der Waals surface area contributed by atoms with E-state index in [1.807, 2.05) is 0 Å². The molecule has 0 aromatic heterocycles. The quantitative estimate of drug-likeness (QED) is 0.0222. The number of phosphoric acid groups is 2. The molecule has 0 saturated heterocycles. The molecule has 0 aliphatic carbocycles. The molecule has 0 heterocycles. The first-order valence-electron chi connectivity index (χ1n) is 31.8. The maximum absolute atomic E-state index is 12.9. The molecular weight excluding hydrogens is 1050 g/mol. The smallest absolute Gasteiger partial charge is 0.462 e. The molecule has 0 fully saturated rings. The second kappa shape index (κ2) is 55.3. The van der Waals surface area contributed by atoms with Crippen molar-refractivity contribution >= 4 is 39.5 Å². The summed E-state index contributed by atoms with van der Waals surface area (Å²) < 4.78 is 67.1. The molecule has 468 valence electrons. The van der Waals surface area contributed by atoms with Crippen molar-refractivity contribution in [3.05, 3.63) is 0 Å². The molecule has 17 nitrogen and oxygen atoms in total. The number of phosphoric ester groups is 2. The van der Waals surface area contributed by atoms with Gasteiger partial charge in [-0.05, 0) is 25.7 Å². The fourth-order valence-corrected chi connectivity index (χ4v) is 10.5. The predicted molar refractivity (Wildman–Crippen MR) is 312 cm³/mol. The Morgan fingerprint density at radius 2 is 0.532 bits per heavy atom. The molecule has 0 rings (SSSR count). The van der Waals surface area contributed by atoms with Crippen molar-refractivity contribution in [1.29, 1.82) is 0 Å². The van der Waals surface area contributed by atoms with Crippen LogP contribution < -0.4 is 0 Å². The number of unbranched alkanes of at least 4 members (excludes halogenated alkanes) is 35. The highest BCUT2D eigenvalue weighted by molar-refractivity contribution is 7.47. The van der Waals surface area contributed by atoms with Crippen LogP contribution in [0.1, 0.15) is 304 Å². The molecule has 79 heavy (non-hydrogen) atoms. The highest BCUT2D eigenvalue weighted by Gasteiger charge is 2.30. The SMILES string of the molecule is CCCCCCCCCCCCCCCCCC(=O)OC[C@H](COP(=O)(O)OC[C@@H](O)COP(=O)(O)OC[C@@H](COC(=O)CCC)OC(=O)CCCCCCCCCC)OC(=O)CCCCCCCCCCCCCCCCC. The van der Waals surface area contributed by atoms with Gasteiger partial charge in [0.1, 0.15) is 19.3 Å². The molecule has 2 unspecified atom stereocenters. The zero-order valence-electron chi connectivity index (χ0n) is 50.3. The first kappa shape index (κ1) is 77.1. The summed E-state index contributed by atoms with van der Waals surface area (Å²) in [5.41, 5.74) is 0. The average Bonchev–Trinajstić information content (AvgIpc) is 3.42. The Hall–Kier alpha value is -1.94. The molecule has 5 atom stereocenters. The molecule has 0 aliphatic heterocycles. The van der Waals surface area contributed by atoms with Gasteiger partial charge in [0, 0.05) is 25.7 Å². The summed E-state index contributed by atoms with van der Waals surface area (Å²) >= 11 is 0. The van der Waals surface area contributed by atoms with Crippen LogP contribution in [0.4, 0.5) is 0 Å². The lowest BCUT2D eigenvalue weighted by Gasteiger charge is -2.21. The van der Waals surface area contributed by atoms with Crippen LogP contribution in [-0.2, 0) is 65.4 Å². The zero-order valence-corrected chi connectivity index (χ0v) is 52.1. The lowest BCUT2D eigenvalue weighted by Crippen LogP contribution is -2.30. The van der Waals surface area contributed by atoms with Crippen LogP contribution in [0.5, 0.6) is 0 Å². The standard InChI is InChI=1S/C60H116O17P2/c1-5-9-12-15-18-21-23-25-27-29-31-33-36-38-41-45-58(63)71-51-56(77-60(65)47-43-40-37-34-32-30-28-26-24-22-19-16-13-10-6-2)53-75-79(68,69)73-49-54(61)48-72-78(66,67)74-52-55(50-70-57(62)44-8-4)76-59(64)46-42-39-35-20-17-14-11-7-3/h54-56,61H,5-53H2,1-4H3,(H,66,67)(H,68,69)/t54-,55+,56+/m0/s1. The molecule has 0 saturated carbocycles. The molecular formula is C60H116O17P2. The van der Waals surface area contributed by atoms with E-state index in [1.54, 1.807) is 6.92 Å². The fourth-order valence-electron chi connectivity index (χ4n) is 8.96. The molecule has 19 heteroatoms. The van der Waals surface area contributed by atoms with E-state index >= 15 is 0 Å². The van der Waals surface area contributed by atoms with Crippen LogP contribution in [0.25, 0.3) is 0 Å². The number of rotatable bonds is 61. The Morgan fingerprint density at radius 3 is 0.797 bits per heavy atom. The van der Waals surface area contributed by atoms with Crippen molar-refractivity contribution in [3.63, 3.8) is 0 Å². The summed E-state index contributed by atoms with van der Waals surface area (Å²) in [4.78, 5) is 71.1. The van der Waals surface area contributed by atoms with Gasteiger partial charge >= 0.3 is 39.5 Å². The number of hydrogen-bond donors (Lipinski definition) is 3. The maximum Gasteiger partial charge on any atom is 0.472 e. The molecule has 0 aliphatic rings. The Labute approximate surface area is 479 Å². The average molecular weight is 1170 g/mol. The molecule has 0 aromatic rings. The molecule has 0 radical (unpaired) electrons. The van der Waals surface area contributed by atoms with E-state index in [9.17, 15) is 43.2 Å². The van der Waals surface area contributed by atoms with Gasteiger partial charge in [-0.15, -0.1) is 0 Å². The topological polar surface area (TPSA) is 237 Å². The number of esters is 4. The van der Waals surface area contributed by atoms with Crippen molar-refractivity contribution in [3.8, 4) is 0 Å². The minimum atomic E-state index is -4.93. The van der Waals surface area contributed by atoms with Crippen molar-refractivity contribution in [2.75, 3.05) is 39.6 Å². The van der Waals surface area contributed by atoms with Gasteiger partial charge in [-0.25, -0.2) is 9.13 Å². The first-order chi connectivity index (χ1) is 38.2. The van der Waals surface area contributed by atoms with Gasteiger partial charge in [0.2, 0.25) is 0 Å². The largest absolute Gasteiger partial charge is 0.472 e. The second-order valence-corrected chi connectivity index (χ2v) is 24.6. The lowest BCUT2D eigenvalue weighted by molar-refractivity contribution is -0.161. The van der Waals surface area contributed by atoms with E-state index in [-0.39, 0.29) is 25.7 Å². The van der Waals surface area contributed by atoms with Crippen molar-refractivity contribution in [2.24, 2.45) is 0 Å². The summed E-state index contributed by atoms with van der Waals surface area (Å²) in [6.07, 6.45) is 40.7. The highest BCUT2D eigenvalue weighted by Crippen LogP contribution is 2.45. The number of aliphatic hydroxyl groups excluding tert-OH is 1. The van der Waals surface area contributed by atoms with E-state index in [0.29, 0.717) is 25.7 Å². The highest BCUT2D eigenvalue weighted by atomic mass is 31.2. The summed E-state index contributed by atoms with van der Waals surface area (Å²) in [7, 11) is -9.85. The van der Waals surface area contributed by atoms with Crippen molar-refractivity contribution in [1.82, 2.24) is 0 Å².